The van der Waals surface area contributed by atoms with Gasteiger partial charge >= 0.3 is 15.2 Å². The van der Waals surface area contributed by atoms with E-state index in [1.54, 1.807) is 0 Å². The standard InChI is InChI=1S/C16H36O6P2/c1-2-3-4-5-6-7-8-9-10-11-12-13-14-15-16(23(17,18)19)24(20,21)22/h16H,2-15H2,1H3,(H2,17,18,19)(H2,20,21,22). The normalized spacial score (nSPS) is 12.9. The molecule has 6 nitrogen and oxygen atoms in total. The summed E-state index contributed by atoms with van der Waals surface area (Å²) in [6, 6.07) is 0. The van der Waals surface area contributed by atoms with Crippen LogP contribution in [0, 0.1) is 0 Å². The smallest absolute Gasteiger partial charge is 0.324 e. The van der Waals surface area contributed by atoms with E-state index in [4.69, 9.17) is 19.6 Å². The molecule has 0 unspecified atom stereocenters. The minimum absolute atomic E-state index is 0.119. The van der Waals surface area contributed by atoms with E-state index >= 15 is 0 Å². The van der Waals surface area contributed by atoms with Crippen molar-refractivity contribution in [3.8, 4) is 0 Å². The predicted molar refractivity (Wildman–Crippen MR) is 98.2 cm³/mol. The Bertz CT molecular complexity index is 368. The molecule has 0 aliphatic carbocycles. The van der Waals surface area contributed by atoms with Gasteiger partial charge in [-0.1, -0.05) is 90.4 Å². The van der Waals surface area contributed by atoms with Gasteiger partial charge in [0.1, 0.15) is 0 Å². The van der Waals surface area contributed by atoms with Crippen LogP contribution < -0.4 is 0 Å². The van der Waals surface area contributed by atoms with E-state index in [1.165, 1.54) is 51.4 Å². The molecule has 0 saturated heterocycles. The summed E-state index contributed by atoms with van der Waals surface area (Å²) >= 11 is 0. The first-order valence-corrected chi connectivity index (χ1v) is 12.7. The number of unbranched alkanes of at least 4 members (excludes halogenated alkanes) is 12. The Morgan fingerprint density at radius 3 is 1.17 bits per heavy atom. The molecule has 0 aromatic heterocycles. The maximum Gasteiger partial charge on any atom is 0.340 e. The molecule has 0 fully saturated rings. The summed E-state index contributed by atoms with van der Waals surface area (Å²) in [5.41, 5.74) is 0. The fraction of sp³-hybridized carbons (Fsp3) is 1.00. The summed E-state index contributed by atoms with van der Waals surface area (Å²) < 4.78 is 22.3. The van der Waals surface area contributed by atoms with Gasteiger partial charge in [0.05, 0.1) is 0 Å². The van der Waals surface area contributed by atoms with Crippen LogP contribution >= 0.6 is 15.2 Å². The second kappa shape index (κ2) is 13.5. The van der Waals surface area contributed by atoms with Crippen molar-refractivity contribution in [3.63, 3.8) is 0 Å². The average Bonchev–Trinajstić information content (AvgIpc) is 2.45. The molecule has 0 aromatic carbocycles. The minimum Gasteiger partial charge on any atom is -0.324 e. The van der Waals surface area contributed by atoms with Crippen LogP contribution in [-0.2, 0) is 9.13 Å². The lowest BCUT2D eigenvalue weighted by Crippen LogP contribution is -2.09. The lowest BCUT2D eigenvalue weighted by atomic mass is 10.0. The monoisotopic (exact) mass is 386 g/mol. The molecular formula is C16H36O6P2. The fourth-order valence-corrected chi connectivity index (χ4v) is 5.48. The second-order valence-corrected chi connectivity index (χ2v) is 10.7. The lowest BCUT2D eigenvalue weighted by molar-refractivity contribution is 0.333. The van der Waals surface area contributed by atoms with E-state index in [0.717, 1.165) is 25.7 Å². The summed E-state index contributed by atoms with van der Waals surface area (Å²) in [6.07, 6.45) is 14.7. The van der Waals surface area contributed by atoms with Crippen LogP contribution in [0.4, 0.5) is 0 Å². The highest BCUT2D eigenvalue weighted by Crippen LogP contribution is 2.61. The first-order valence-electron chi connectivity index (χ1n) is 9.30. The maximum atomic E-state index is 11.1. The molecule has 0 rings (SSSR count). The minimum atomic E-state index is -4.74. The van der Waals surface area contributed by atoms with E-state index in [9.17, 15) is 9.13 Å². The van der Waals surface area contributed by atoms with E-state index in [-0.39, 0.29) is 6.42 Å². The molecule has 0 amide bonds. The van der Waals surface area contributed by atoms with Gasteiger partial charge in [0.15, 0.2) is 5.40 Å². The first kappa shape index (κ1) is 24.3. The third-order valence-corrected chi connectivity index (χ3v) is 8.22. The molecule has 0 aromatic rings. The summed E-state index contributed by atoms with van der Waals surface area (Å²) in [4.78, 5) is 36.1. The third-order valence-electron chi connectivity index (χ3n) is 4.34. The molecular weight excluding hydrogens is 350 g/mol. The molecule has 8 heteroatoms. The Morgan fingerprint density at radius 1 is 0.583 bits per heavy atom. The predicted octanol–water partition coefficient (Wildman–Crippen LogP) is 5.15. The van der Waals surface area contributed by atoms with Gasteiger partial charge in [-0.15, -0.1) is 0 Å². The topological polar surface area (TPSA) is 115 Å². The van der Waals surface area contributed by atoms with Crippen molar-refractivity contribution in [2.75, 3.05) is 0 Å². The highest BCUT2D eigenvalue weighted by molar-refractivity contribution is 7.70. The van der Waals surface area contributed by atoms with Crippen LogP contribution in [0.3, 0.4) is 0 Å². The fourth-order valence-electron chi connectivity index (χ4n) is 2.88. The average molecular weight is 386 g/mol. The van der Waals surface area contributed by atoms with Gasteiger partial charge in [0.2, 0.25) is 0 Å². The van der Waals surface area contributed by atoms with Gasteiger partial charge in [0.25, 0.3) is 0 Å². The number of hydrogen-bond donors (Lipinski definition) is 4. The summed E-state index contributed by atoms with van der Waals surface area (Å²) in [5.74, 6) is 0. The zero-order valence-electron chi connectivity index (χ0n) is 15.0. The molecule has 0 aliphatic heterocycles. The Labute approximate surface area is 146 Å². The Balaban J connectivity index is 3.54. The Hall–Kier alpha value is 0.300. The molecule has 0 atom stereocenters. The van der Waals surface area contributed by atoms with Gasteiger partial charge < -0.3 is 19.6 Å². The van der Waals surface area contributed by atoms with E-state index < -0.39 is 20.6 Å². The highest BCUT2D eigenvalue weighted by atomic mass is 31.2. The van der Waals surface area contributed by atoms with Crippen molar-refractivity contribution < 1.29 is 28.7 Å². The third kappa shape index (κ3) is 13.6. The molecule has 4 N–H and O–H groups in total. The van der Waals surface area contributed by atoms with Gasteiger partial charge in [-0.2, -0.15) is 0 Å². The lowest BCUT2D eigenvalue weighted by Gasteiger charge is -2.19. The zero-order chi connectivity index (χ0) is 18.5. The van der Waals surface area contributed by atoms with Crippen LogP contribution in [0.1, 0.15) is 96.8 Å². The molecule has 0 spiro atoms. The van der Waals surface area contributed by atoms with E-state index in [1.807, 2.05) is 0 Å². The van der Waals surface area contributed by atoms with Gasteiger partial charge in [-0.25, -0.2) is 0 Å². The molecule has 0 heterocycles. The highest BCUT2D eigenvalue weighted by Gasteiger charge is 2.42. The van der Waals surface area contributed by atoms with Gasteiger partial charge in [-0.3, -0.25) is 9.13 Å². The zero-order valence-corrected chi connectivity index (χ0v) is 16.8. The van der Waals surface area contributed by atoms with Crippen LogP contribution in [0.15, 0.2) is 0 Å². The van der Waals surface area contributed by atoms with Gasteiger partial charge in [-0.05, 0) is 6.42 Å². The van der Waals surface area contributed by atoms with E-state index in [2.05, 4.69) is 6.92 Å². The van der Waals surface area contributed by atoms with Crippen LogP contribution in [-0.4, -0.2) is 25.0 Å². The quantitative estimate of drug-likeness (QED) is 0.215. The van der Waals surface area contributed by atoms with Crippen molar-refractivity contribution in [3.05, 3.63) is 0 Å². The molecule has 0 saturated carbocycles. The summed E-state index contributed by atoms with van der Waals surface area (Å²) in [5, 5.41) is -1.84. The van der Waals surface area contributed by atoms with Crippen molar-refractivity contribution in [2.45, 2.75) is 102 Å². The molecule has 24 heavy (non-hydrogen) atoms. The largest absolute Gasteiger partial charge is 0.340 e. The molecule has 0 radical (unpaired) electrons. The SMILES string of the molecule is CCCCCCCCCCCCCCCC(P(=O)(O)O)P(=O)(O)O. The maximum absolute atomic E-state index is 11.1. The number of hydrogen-bond acceptors (Lipinski definition) is 2. The van der Waals surface area contributed by atoms with Crippen molar-refractivity contribution in [2.24, 2.45) is 0 Å². The Kier molecular flexibility index (Phi) is 13.7. The van der Waals surface area contributed by atoms with Crippen molar-refractivity contribution in [1.82, 2.24) is 0 Å². The Morgan fingerprint density at radius 2 is 0.875 bits per heavy atom. The molecule has 146 valence electrons. The van der Waals surface area contributed by atoms with Crippen molar-refractivity contribution >= 4 is 15.2 Å². The summed E-state index contributed by atoms with van der Waals surface area (Å²) in [6.45, 7) is 2.22. The molecule has 0 aliphatic rings. The molecule has 0 bridgehead atoms. The first-order chi connectivity index (χ1) is 11.2. The summed E-state index contributed by atoms with van der Waals surface area (Å²) in [7, 11) is -9.49. The van der Waals surface area contributed by atoms with Crippen molar-refractivity contribution in [1.29, 1.82) is 0 Å². The van der Waals surface area contributed by atoms with Crippen LogP contribution in [0.5, 0.6) is 0 Å². The second-order valence-electron chi connectivity index (χ2n) is 6.69. The van der Waals surface area contributed by atoms with Crippen LogP contribution in [0.2, 0.25) is 0 Å². The van der Waals surface area contributed by atoms with Gasteiger partial charge in [0, 0.05) is 0 Å². The van der Waals surface area contributed by atoms with E-state index in [0.29, 0.717) is 6.42 Å². The number of rotatable bonds is 16. The van der Waals surface area contributed by atoms with Crippen LogP contribution in [0.25, 0.3) is 0 Å².